The molecular weight excluding hydrogens is 492 g/mol. The largest absolute Gasteiger partial charge is 2.00 e. The average molecular weight is 512 g/mol. The Morgan fingerprint density at radius 1 is 0.688 bits per heavy atom. The number of hydrogen-bond acceptors (Lipinski definition) is 0. The van der Waals surface area contributed by atoms with Gasteiger partial charge in [0.05, 0.1) is 0 Å². The summed E-state index contributed by atoms with van der Waals surface area (Å²) in [6.45, 7) is 13.8. The Morgan fingerprint density at radius 3 is 0.688 bits per heavy atom. The second kappa shape index (κ2) is 178. The molecule has 0 saturated heterocycles. The van der Waals surface area contributed by atoms with E-state index in [0.29, 0.717) is 0 Å². The minimum Gasteiger partial charge on any atom is 0 e. The van der Waals surface area contributed by atoms with Gasteiger partial charge in [-0.3, -0.25) is 0 Å². The Kier molecular flexibility index (Phi) is 756. The normalized spacial score (nSPS) is 2.38. The van der Waals surface area contributed by atoms with Crippen molar-refractivity contribution >= 4 is 37.1 Å². The van der Waals surface area contributed by atoms with Crippen LogP contribution in [0, 0.1) is 13.8 Å². The van der Waals surface area contributed by atoms with Crippen molar-refractivity contribution in [3.8, 4) is 0 Å². The number of hydrogen-bond donors (Lipinski definition) is 0. The molecule has 10 heteroatoms. The predicted octanol–water partition coefficient (Wildman–Crippen LogP) is 4.03. The van der Waals surface area contributed by atoms with E-state index in [2.05, 4.69) is 32.3 Å². The molecule has 0 N–H and O–H groups in total. The topological polar surface area (TPSA) is 0 Å². The third-order valence-electron chi connectivity index (χ3n) is 0. The molecule has 0 aliphatic heterocycles. The van der Waals surface area contributed by atoms with Gasteiger partial charge in [0, 0.05) is 86.9 Å². The van der Waals surface area contributed by atoms with Crippen LogP contribution in [-0.2, 0) is 126 Å². The van der Waals surface area contributed by atoms with E-state index in [1.54, 1.807) is 13.8 Å². The fourth-order valence-corrected chi connectivity index (χ4v) is 0. The van der Waals surface area contributed by atoms with Gasteiger partial charge in [-0.05, 0) is 0 Å². The summed E-state index contributed by atoms with van der Waals surface area (Å²) in [5, 5.41) is 0. The maximum absolute atomic E-state index is 4.89. The first-order chi connectivity index (χ1) is 5.41. The Labute approximate surface area is 200 Å². The van der Waals surface area contributed by atoms with Gasteiger partial charge in [-0.1, -0.05) is 13.3 Å². The van der Waals surface area contributed by atoms with Crippen molar-refractivity contribution in [2.45, 2.75) is 13.8 Å². The maximum atomic E-state index is 4.89. The van der Waals surface area contributed by atoms with E-state index in [0.717, 1.165) is 0 Å². The van der Waals surface area contributed by atoms with Crippen molar-refractivity contribution in [1.29, 1.82) is 0 Å². The minimum atomic E-state index is -0.556. The van der Waals surface area contributed by atoms with Crippen LogP contribution < -0.4 is 0 Å². The first-order valence-corrected chi connectivity index (χ1v) is 9.55. The maximum Gasteiger partial charge on any atom is 2.00 e. The number of halogens is 2. The van der Waals surface area contributed by atoms with Crippen LogP contribution in [-0.4, -0.2) is 13.3 Å². The molecule has 92 valence electrons. The molecule has 0 nitrogen and oxygen atoms in total. The molecule has 0 bridgehead atoms. The summed E-state index contributed by atoms with van der Waals surface area (Å²) in [5.74, 6) is 0. The molecule has 0 aliphatic rings. The summed E-state index contributed by atoms with van der Waals surface area (Å²) in [6.07, 6.45) is 0. The van der Waals surface area contributed by atoms with Crippen LogP contribution in [0.15, 0.2) is 0 Å². The van der Waals surface area contributed by atoms with Gasteiger partial charge in [-0.15, -0.1) is 18.5 Å². The third-order valence-corrected chi connectivity index (χ3v) is 0. The van der Waals surface area contributed by atoms with Crippen molar-refractivity contribution < 1.29 is 126 Å². The first kappa shape index (κ1) is 67.9. The molecule has 0 radical (unpaired) electrons. The molecule has 0 aliphatic carbocycles. The Morgan fingerprint density at radius 2 is 0.688 bits per heavy atom. The molecule has 0 amide bonds. The summed E-state index contributed by atoms with van der Waals surface area (Å²) in [7, 11) is 14.6. The van der Waals surface area contributed by atoms with Crippen LogP contribution in [0.1, 0.15) is 13.8 Å². The van der Waals surface area contributed by atoms with Gasteiger partial charge >= 0.3 is 57.4 Å². The van der Waals surface area contributed by atoms with Gasteiger partial charge in [0.1, 0.15) is 0 Å². The molecule has 0 spiro atoms. The van der Waals surface area contributed by atoms with Crippen LogP contribution in [0.25, 0.3) is 0 Å². The van der Waals surface area contributed by atoms with E-state index in [-0.39, 0.29) is 109 Å². The van der Waals surface area contributed by atoms with Crippen LogP contribution in [0.5, 0.6) is 0 Å². The fraction of sp³-hybridized carbons (Fsp3) is 0.667. The van der Waals surface area contributed by atoms with Crippen LogP contribution in [0.2, 0.25) is 0 Å². The van der Waals surface area contributed by atoms with Gasteiger partial charge < -0.3 is 13.8 Å². The molecule has 0 fully saturated rings. The molecule has 0 aromatic heterocycles. The smallest absolute Gasteiger partial charge is 0 e. The van der Waals surface area contributed by atoms with E-state index in [1.165, 1.54) is 0 Å². The Balaban J connectivity index is -0.00000000330. The Hall–Kier alpha value is 5.73. The quantitative estimate of drug-likeness (QED) is 0.262. The second-order valence-corrected chi connectivity index (χ2v) is 2.65. The molecular formula is C6H20Cl2P2Ti6. The summed E-state index contributed by atoms with van der Waals surface area (Å²) >= 11 is -0.556. The van der Waals surface area contributed by atoms with Crippen molar-refractivity contribution in [3.05, 3.63) is 13.8 Å². The molecule has 0 aromatic rings. The summed E-state index contributed by atoms with van der Waals surface area (Å²) in [6, 6.07) is 0. The minimum absolute atomic E-state index is 0. The third kappa shape index (κ3) is 211. The van der Waals surface area contributed by atoms with Crippen molar-refractivity contribution in [2.24, 2.45) is 0 Å². The van der Waals surface area contributed by atoms with E-state index in [1.807, 2.05) is 13.3 Å². The van der Waals surface area contributed by atoms with Crippen LogP contribution in [0.3, 0.4) is 0 Å². The summed E-state index contributed by atoms with van der Waals surface area (Å²) in [4.78, 5) is 0. The van der Waals surface area contributed by atoms with Gasteiger partial charge in [-0.2, -0.15) is 13.8 Å². The monoisotopic (exact) mass is 512 g/mol. The predicted molar refractivity (Wildman–Crippen MR) is 65.0 cm³/mol. The first-order valence-electron chi connectivity index (χ1n) is 2.95. The van der Waals surface area contributed by atoms with Crippen molar-refractivity contribution in [1.82, 2.24) is 0 Å². The molecule has 0 saturated carbocycles. The molecule has 2 atom stereocenters. The second-order valence-electron chi connectivity index (χ2n) is 0.0714. The zero-order valence-electron chi connectivity index (χ0n) is 10.3. The SMILES string of the molecule is CP.CP.[CH2-]C.[CH2-]C.[Cl][Ti][Cl].[Ti+2].[Ti].[Ti].[Ti].[Ti]. The molecule has 0 aromatic carbocycles. The average Bonchev–Trinajstić information content (AvgIpc) is 2.18. The molecule has 0 heterocycles. The van der Waals surface area contributed by atoms with Gasteiger partial charge in [-0.25, -0.2) is 0 Å². The van der Waals surface area contributed by atoms with Crippen molar-refractivity contribution in [3.63, 3.8) is 0 Å². The zero-order chi connectivity index (χ0) is 10.7. The standard InChI is InChI=1S/2C2H5.2CH5P.2ClH.6Ti/c4*1-2;;;;;;;;/h2*1H2,2H3;2*2H2,1H3;2*1H;;;;;;/q2*-1;;;;;;;;;2*+2/p-2. The van der Waals surface area contributed by atoms with E-state index < -0.39 is 17.0 Å². The van der Waals surface area contributed by atoms with Crippen molar-refractivity contribution in [2.75, 3.05) is 13.3 Å². The molecule has 2 unspecified atom stereocenters. The molecule has 16 heavy (non-hydrogen) atoms. The van der Waals surface area contributed by atoms with Gasteiger partial charge in [0.15, 0.2) is 0 Å². The van der Waals surface area contributed by atoms with Crippen LogP contribution in [0.4, 0.5) is 0 Å². The zero-order valence-corrected chi connectivity index (χ0v) is 23.5. The van der Waals surface area contributed by atoms with E-state index >= 15 is 0 Å². The van der Waals surface area contributed by atoms with Gasteiger partial charge in [0.2, 0.25) is 0 Å². The van der Waals surface area contributed by atoms with E-state index in [4.69, 9.17) is 18.6 Å². The Bertz CT molecular complexity index is 29.0. The summed E-state index contributed by atoms with van der Waals surface area (Å²) in [5.41, 5.74) is 0. The van der Waals surface area contributed by atoms with Crippen LogP contribution >= 0.6 is 37.1 Å². The fourth-order valence-electron chi connectivity index (χ4n) is 0. The van der Waals surface area contributed by atoms with E-state index in [9.17, 15) is 0 Å². The molecule has 0 rings (SSSR count). The number of rotatable bonds is 0. The summed E-state index contributed by atoms with van der Waals surface area (Å²) < 4.78 is 0. The van der Waals surface area contributed by atoms with Gasteiger partial charge in [0.25, 0.3) is 0 Å².